The predicted molar refractivity (Wildman–Crippen MR) is 80.9 cm³/mol. The van der Waals surface area contributed by atoms with E-state index in [4.69, 9.17) is 4.74 Å². The van der Waals surface area contributed by atoms with E-state index in [2.05, 4.69) is 25.7 Å². The number of nitrogens with one attached hydrogen (secondary N) is 2. The van der Waals surface area contributed by atoms with Crippen LogP contribution in [0, 0.1) is 6.92 Å². The average Bonchev–Trinajstić information content (AvgIpc) is 2.89. The molecule has 1 aliphatic heterocycles. The number of rotatable bonds is 4. The van der Waals surface area contributed by atoms with Gasteiger partial charge in [-0.3, -0.25) is 4.68 Å². The molecule has 0 bridgehead atoms. The number of anilines is 3. The van der Waals surface area contributed by atoms with E-state index in [1.165, 1.54) is 0 Å². The maximum absolute atomic E-state index is 5.40. The first-order valence-electron chi connectivity index (χ1n) is 7.17. The molecule has 0 atom stereocenters. The highest BCUT2D eigenvalue weighted by atomic mass is 16.5. The van der Waals surface area contributed by atoms with Crippen LogP contribution in [0.4, 0.5) is 17.5 Å². The summed E-state index contributed by atoms with van der Waals surface area (Å²) in [6.45, 7) is 3.60. The van der Waals surface area contributed by atoms with Crippen LogP contribution in [0.15, 0.2) is 18.5 Å². The minimum atomic E-state index is 0.414. The Kier molecular flexibility index (Phi) is 4.01. The van der Waals surface area contributed by atoms with E-state index in [0.29, 0.717) is 12.0 Å². The maximum atomic E-state index is 5.40. The van der Waals surface area contributed by atoms with Gasteiger partial charge in [-0.15, -0.1) is 0 Å². The van der Waals surface area contributed by atoms with Gasteiger partial charge in [-0.05, 0) is 25.8 Å². The lowest BCUT2D eigenvalue weighted by atomic mass is 10.1. The summed E-state index contributed by atoms with van der Waals surface area (Å²) < 4.78 is 7.43. The van der Waals surface area contributed by atoms with Crippen LogP contribution in [0.2, 0.25) is 0 Å². The van der Waals surface area contributed by atoms with E-state index in [9.17, 15) is 0 Å². The van der Waals surface area contributed by atoms with Gasteiger partial charge in [-0.2, -0.15) is 10.1 Å². The topological polar surface area (TPSA) is 76.9 Å². The van der Waals surface area contributed by atoms with Crippen molar-refractivity contribution in [2.75, 3.05) is 30.9 Å². The first kappa shape index (κ1) is 13.8. The molecule has 0 aliphatic carbocycles. The summed E-state index contributed by atoms with van der Waals surface area (Å²) in [6, 6.07) is 2.24. The van der Waals surface area contributed by atoms with Crippen LogP contribution in [-0.4, -0.2) is 40.0 Å². The quantitative estimate of drug-likeness (QED) is 0.897. The monoisotopic (exact) mass is 288 g/mol. The van der Waals surface area contributed by atoms with E-state index in [0.717, 1.165) is 43.3 Å². The number of hydrogen-bond donors (Lipinski definition) is 2. The zero-order valence-electron chi connectivity index (χ0n) is 12.3. The van der Waals surface area contributed by atoms with Crippen LogP contribution < -0.4 is 10.6 Å². The van der Waals surface area contributed by atoms with Gasteiger partial charge in [-0.1, -0.05) is 0 Å². The van der Waals surface area contributed by atoms with Crippen LogP contribution in [0.1, 0.15) is 24.6 Å². The molecular weight excluding hydrogens is 268 g/mol. The lowest BCUT2D eigenvalue weighted by molar-refractivity contribution is 0.0662. The molecule has 2 aromatic heterocycles. The van der Waals surface area contributed by atoms with Gasteiger partial charge in [0.2, 0.25) is 5.95 Å². The van der Waals surface area contributed by atoms with E-state index in [1.807, 2.05) is 30.9 Å². The SMILES string of the molecule is CNc1ccnc(Nc2cn(C3CCOCC3)nc2C)n1. The Hall–Kier alpha value is -2.15. The number of aryl methyl sites for hydroxylation is 1. The van der Waals surface area contributed by atoms with Gasteiger partial charge in [0, 0.05) is 32.7 Å². The highest BCUT2D eigenvalue weighted by Crippen LogP contribution is 2.24. The summed E-state index contributed by atoms with van der Waals surface area (Å²) in [6.07, 6.45) is 5.76. The molecular formula is C14H20N6O. The third-order valence-corrected chi connectivity index (χ3v) is 3.64. The molecule has 1 fully saturated rings. The largest absolute Gasteiger partial charge is 0.381 e. The van der Waals surface area contributed by atoms with Crippen molar-refractivity contribution in [1.82, 2.24) is 19.7 Å². The molecule has 2 aromatic rings. The third kappa shape index (κ3) is 3.13. The zero-order valence-corrected chi connectivity index (χ0v) is 12.3. The highest BCUT2D eigenvalue weighted by molar-refractivity contribution is 5.56. The Bertz CT molecular complexity index is 605. The lowest BCUT2D eigenvalue weighted by Gasteiger charge is -2.22. The summed E-state index contributed by atoms with van der Waals surface area (Å²) in [4.78, 5) is 8.59. The van der Waals surface area contributed by atoms with Gasteiger partial charge >= 0.3 is 0 Å². The number of hydrogen-bond acceptors (Lipinski definition) is 6. The molecule has 7 nitrogen and oxygen atoms in total. The molecule has 3 rings (SSSR count). The molecule has 1 saturated heterocycles. The second-order valence-corrected chi connectivity index (χ2v) is 5.09. The Labute approximate surface area is 123 Å². The standard InChI is InChI=1S/C14H20N6O/c1-10-12(17-14-16-6-3-13(15-2)18-14)9-20(19-10)11-4-7-21-8-5-11/h3,6,9,11H,4-5,7-8H2,1-2H3,(H2,15,16,17,18). The van der Waals surface area contributed by atoms with Gasteiger partial charge in [0.05, 0.1) is 17.4 Å². The van der Waals surface area contributed by atoms with Crippen molar-refractivity contribution in [2.24, 2.45) is 0 Å². The van der Waals surface area contributed by atoms with Crippen LogP contribution in [0.3, 0.4) is 0 Å². The molecule has 0 saturated carbocycles. The summed E-state index contributed by atoms with van der Waals surface area (Å²) >= 11 is 0. The summed E-state index contributed by atoms with van der Waals surface area (Å²) in [5.41, 5.74) is 1.88. The number of nitrogens with zero attached hydrogens (tertiary/aromatic N) is 4. The molecule has 112 valence electrons. The predicted octanol–water partition coefficient (Wildman–Crippen LogP) is 2.12. The van der Waals surface area contributed by atoms with Crippen molar-refractivity contribution in [3.05, 3.63) is 24.2 Å². The minimum Gasteiger partial charge on any atom is -0.381 e. The number of aromatic nitrogens is 4. The van der Waals surface area contributed by atoms with Crippen molar-refractivity contribution < 1.29 is 4.74 Å². The molecule has 3 heterocycles. The van der Waals surface area contributed by atoms with Crippen molar-refractivity contribution >= 4 is 17.5 Å². The molecule has 0 amide bonds. The van der Waals surface area contributed by atoms with Crippen molar-refractivity contribution in [3.8, 4) is 0 Å². The first-order valence-corrected chi connectivity index (χ1v) is 7.17. The molecule has 0 spiro atoms. The normalized spacial score (nSPS) is 15.9. The fourth-order valence-corrected chi connectivity index (χ4v) is 2.42. The fraction of sp³-hybridized carbons (Fsp3) is 0.500. The lowest BCUT2D eigenvalue weighted by Crippen LogP contribution is -2.19. The van der Waals surface area contributed by atoms with Crippen molar-refractivity contribution in [3.63, 3.8) is 0 Å². The molecule has 1 aliphatic rings. The Morgan fingerprint density at radius 3 is 2.90 bits per heavy atom. The van der Waals surface area contributed by atoms with Gasteiger partial charge in [-0.25, -0.2) is 4.98 Å². The molecule has 0 aromatic carbocycles. The smallest absolute Gasteiger partial charge is 0.229 e. The van der Waals surface area contributed by atoms with Crippen LogP contribution in [-0.2, 0) is 4.74 Å². The molecule has 7 heteroatoms. The van der Waals surface area contributed by atoms with Gasteiger partial charge in [0.25, 0.3) is 0 Å². The van der Waals surface area contributed by atoms with Gasteiger partial charge in [0.15, 0.2) is 0 Å². The van der Waals surface area contributed by atoms with Crippen molar-refractivity contribution in [1.29, 1.82) is 0 Å². The summed E-state index contributed by atoms with van der Waals surface area (Å²) in [5, 5.41) is 10.8. The molecule has 21 heavy (non-hydrogen) atoms. The second-order valence-electron chi connectivity index (χ2n) is 5.09. The molecule has 0 unspecified atom stereocenters. The molecule has 2 N–H and O–H groups in total. The maximum Gasteiger partial charge on any atom is 0.229 e. The van der Waals surface area contributed by atoms with E-state index in [-0.39, 0.29) is 0 Å². The Morgan fingerprint density at radius 1 is 1.33 bits per heavy atom. The zero-order chi connectivity index (χ0) is 14.7. The highest BCUT2D eigenvalue weighted by Gasteiger charge is 2.18. The van der Waals surface area contributed by atoms with Crippen LogP contribution >= 0.6 is 0 Å². The van der Waals surface area contributed by atoms with Gasteiger partial charge in [0.1, 0.15) is 5.82 Å². The van der Waals surface area contributed by atoms with E-state index in [1.54, 1.807) is 6.20 Å². The second kappa shape index (κ2) is 6.09. The number of ether oxygens (including phenoxy) is 1. The minimum absolute atomic E-state index is 0.414. The summed E-state index contributed by atoms with van der Waals surface area (Å²) in [5.74, 6) is 1.35. The van der Waals surface area contributed by atoms with Crippen LogP contribution in [0.5, 0.6) is 0 Å². The van der Waals surface area contributed by atoms with Crippen LogP contribution in [0.25, 0.3) is 0 Å². The fourth-order valence-electron chi connectivity index (χ4n) is 2.42. The first-order chi connectivity index (χ1) is 10.3. The van der Waals surface area contributed by atoms with E-state index >= 15 is 0 Å². The average molecular weight is 288 g/mol. The van der Waals surface area contributed by atoms with Crippen molar-refractivity contribution in [2.45, 2.75) is 25.8 Å². The summed E-state index contributed by atoms with van der Waals surface area (Å²) in [7, 11) is 1.83. The molecule has 0 radical (unpaired) electrons. The third-order valence-electron chi connectivity index (χ3n) is 3.64. The Morgan fingerprint density at radius 2 is 2.14 bits per heavy atom. The van der Waals surface area contributed by atoms with Gasteiger partial charge < -0.3 is 15.4 Å². The Balaban J connectivity index is 1.77. The van der Waals surface area contributed by atoms with E-state index < -0.39 is 0 Å².